The third-order valence-corrected chi connectivity index (χ3v) is 5.07. The molecular formula is C23H24FNO4. The third-order valence-electron chi connectivity index (χ3n) is 5.07. The third kappa shape index (κ3) is 3.88. The van der Waals surface area contributed by atoms with Crippen molar-refractivity contribution < 1.29 is 23.8 Å². The zero-order valence-corrected chi connectivity index (χ0v) is 16.7. The minimum atomic E-state index is -0.781. The molecule has 0 radical (unpaired) electrons. The lowest BCUT2D eigenvalue weighted by Gasteiger charge is -2.25. The highest BCUT2D eigenvalue weighted by Gasteiger charge is 2.46. The Hall–Kier alpha value is -3.15. The summed E-state index contributed by atoms with van der Waals surface area (Å²) >= 11 is 0. The minimum Gasteiger partial charge on any atom is -0.507 e. The Kier molecular flexibility index (Phi) is 6.01. The van der Waals surface area contributed by atoms with Crippen LogP contribution in [0.2, 0.25) is 0 Å². The van der Waals surface area contributed by atoms with Gasteiger partial charge < -0.3 is 14.7 Å². The van der Waals surface area contributed by atoms with Crippen molar-refractivity contribution in [3.63, 3.8) is 0 Å². The molecule has 0 aliphatic carbocycles. The molecule has 1 aliphatic rings. The first-order valence-corrected chi connectivity index (χ1v) is 9.58. The lowest BCUT2D eigenvalue weighted by atomic mass is 9.94. The van der Waals surface area contributed by atoms with Gasteiger partial charge in [0, 0.05) is 6.54 Å². The average Bonchev–Trinajstić information content (AvgIpc) is 2.96. The van der Waals surface area contributed by atoms with Crippen molar-refractivity contribution in [1.29, 1.82) is 0 Å². The van der Waals surface area contributed by atoms with Crippen LogP contribution in [0.25, 0.3) is 5.76 Å². The highest BCUT2D eigenvalue weighted by Crippen LogP contribution is 2.41. The maximum Gasteiger partial charge on any atom is 0.295 e. The molecule has 2 aromatic rings. The maximum atomic E-state index is 13.9. The van der Waals surface area contributed by atoms with E-state index >= 15 is 0 Å². The number of carbonyl (C=O) groups excluding carboxylic acids is 2. The Morgan fingerprint density at radius 3 is 2.62 bits per heavy atom. The largest absolute Gasteiger partial charge is 0.507 e. The summed E-state index contributed by atoms with van der Waals surface area (Å²) in [5.41, 5.74) is 1.67. The molecule has 1 N–H and O–H groups in total. The standard InChI is InChI=1S/C23H24FNO4/c1-4-5-11-25-20(15-8-6-7-14(2)12-15)19(22(27)23(25)28)21(26)17-13-16(24)9-10-18(17)29-3/h6-10,12-13,20,26H,4-5,11H2,1-3H3/b21-19+. The second-order valence-corrected chi connectivity index (χ2v) is 7.10. The molecule has 1 heterocycles. The van der Waals surface area contributed by atoms with Crippen LogP contribution in [0, 0.1) is 12.7 Å². The number of hydrogen-bond donors (Lipinski definition) is 1. The van der Waals surface area contributed by atoms with E-state index < -0.39 is 29.3 Å². The number of Topliss-reactive ketones (excluding diaryl/α,β-unsaturated/α-hetero) is 1. The van der Waals surface area contributed by atoms with Gasteiger partial charge in [-0.2, -0.15) is 0 Å². The molecule has 0 saturated carbocycles. The SMILES string of the molecule is CCCCN1C(=O)C(=O)/C(=C(/O)c2cc(F)ccc2OC)C1c1cccc(C)c1. The van der Waals surface area contributed by atoms with Crippen molar-refractivity contribution in [2.45, 2.75) is 32.7 Å². The van der Waals surface area contributed by atoms with Crippen molar-refractivity contribution in [1.82, 2.24) is 4.90 Å². The number of amides is 1. The van der Waals surface area contributed by atoms with Crippen LogP contribution in [0.4, 0.5) is 4.39 Å². The first-order chi connectivity index (χ1) is 13.9. The molecule has 1 saturated heterocycles. The van der Waals surface area contributed by atoms with Crippen LogP contribution in [0.15, 0.2) is 48.0 Å². The monoisotopic (exact) mass is 397 g/mol. The number of unbranched alkanes of at least 4 members (excludes halogenated alkanes) is 1. The molecule has 3 rings (SSSR count). The molecule has 1 amide bonds. The molecule has 5 nitrogen and oxygen atoms in total. The molecule has 29 heavy (non-hydrogen) atoms. The second kappa shape index (κ2) is 8.47. The van der Waals surface area contributed by atoms with E-state index in [-0.39, 0.29) is 16.9 Å². The topological polar surface area (TPSA) is 66.8 Å². The predicted octanol–water partition coefficient (Wildman–Crippen LogP) is 4.36. The number of ether oxygens (including phenoxy) is 1. The van der Waals surface area contributed by atoms with E-state index in [1.165, 1.54) is 24.1 Å². The fraction of sp³-hybridized carbons (Fsp3) is 0.304. The number of aryl methyl sites for hydroxylation is 1. The maximum absolute atomic E-state index is 13.9. The van der Waals surface area contributed by atoms with Gasteiger partial charge in [-0.25, -0.2) is 4.39 Å². The smallest absolute Gasteiger partial charge is 0.295 e. The molecule has 1 fully saturated rings. The summed E-state index contributed by atoms with van der Waals surface area (Å²) in [6.45, 7) is 4.30. The summed E-state index contributed by atoms with van der Waals surface area (Å²) in [5.74, 6) is -2.25. The van der Waals surface area contributed by atoms with Crippen molar-refractivity contribution in [2.24, 2.45) is 0 Å². The molecular weight excluding hydrogens is 373 g/mol. The molecule has 152 valence electrons. The number of carbonyl (C=O) groups is 2. The second-order valence-electron chi connectivity index (χ2n) is 7.10. The van der Waals surface area contributed by atoms with Gasteiger partial charge in [-0.1, -0.05) is 43.2 Å². The van der Waals surface area contributed by atoms with E-state index in [4.69, 9.17) is 4.74 Å². The van der Waals surface area contributed by atoms with E-state index in [2.05, 4.69) is 0 Å². The van der Waals surface area contributed by atoms with Gasteiger partial charge in [-0.05, 0) is 37.1 Å². The minimum absolute atomic E-state index is 0.0404. The van der Waals surface area contributed by atoms with E-state index in [1.807, 2.05) is 38.1 Å². The van der Waals surface area contributed by atoms with Crippen LogP contribution >= 0.6 is 0 Å². The lowest BCUT2D eigenvalue weighted by molar-refractivity contribution is -0.139. The number of methoxy groups -OCH3 is 1. The Balaban J connectivity index is 2.23. The molecule has 0 bridgehead atoms. The summed E-state index contributed by atoms with van der Waals surface area (Å²) in [5, 5.41) is 11.0. The molecule has 1 unspecified atom stereocenters. The van der Waals surface area contributed by atoms with Crippen molar-refractivity contribution >= 4 is 17.4 Å². The molecule has 1 atom stereocenters. The molecule has 1 aliphatic heterocycles. The average molecular weight is 397 g/mol. The van der Waals surface area contributed by atoms with Crippen LogP contribution in [0.1, 0.15) is 42.5 Å². The van der Waals surface area contributed by atoms with Gasteiger partial charge >= 0.3 is 0 Å². The lowest BCUT2D eigenvalue weighted by Crippen LogP contribution is -2.30. The number of nitrogens with zero attached hydrogens (tertiary/aromatic N) is 1. The van der Waals surface area contributed by atoms with Gasteiger partial charge in [0.05, 0.1) is 24.3 Å². The first kappa shape index (κ1) is 20.6. The number of likely N-dealkylation sites (tertiary alicyclic amines) is 1. The number of aliphatic hydroxyl groups is 1. The quantitative estimate of drug-likeness (QED) is 0.447. The van der Waals surface area contributed by atoms with Gasteiger partial charge in [0.25, 0.3) is 11.7 Å². The summed E-state index contributed by atoms with van der Waals surface area (Å²) < 4.78 is 19.1. The summed E-state index contributed by atoms with van der Waals surface area (Å²) in [6, 6.07) is 10.4. The summed E-state index contributed by atoms with van der Waals surface area (Å²) in [6.07, 6.45) is 1.57. The Morgan fingerprint density at radius 2 is 1.97 bits per heavy atom. The van der Waals surface area contributed by atoms with Gasteiger partial charge in [0.2, 0.25) is 0 Å². The Morgan fingerprint density at radius 1 is 1.21 bits per heavy atom. The van der Waals surface area contributed by atoms with Crippen LogP contribution in [0.5, 0.6) is 5.75 Å². The molecule has 2 aromatic carbocycles. The molecule has 0 spiro atoms. The van der Waals surface area contributed by atoms with Crippen molar-refractivity contribution in [3.05, 3.63) is 70.5 Å². The summed E-state index contributed by atoms with van der Waals surface area (Å²) in [7, 11) is 1.39. The highest BCUT2D eigenvalue weighted by atomic mass is 19.1. The molecule has 6 heteroatoms. The summed E-state index contributed by atoms with van der Waals surface area (Å²) in [4.78, 5) is 27.2. The van der Waals surface area contributed by atoms with E-state index in [9.17, 15) is 19.1 Å². The number of benzene rings is 2. The van der Waals surface area contributed by atoms with Crippen molar-refractivity contribution in [2.75, 3.05) is 13.7 Å². The normalized spacial score (nSPS) is 18.3. The van der Waals surface area contributed by atoms with Gasteiger partial charge in [0.1, 0.15) is 17.3 Å². The van der Waals surface area contributed by atoms with Gasteiger partial charge in [0.15, 0.2) is 0 Å². The van der Waals surface area contributed by atoms with Gasteiger partial charge in [-0.15, -0.1) is 0 Å². The van der Waals surface area contributed by atoms with Crippen molar-refractivity contribution in [3.8, 4) is 5.75 Å². The fourth-order valence-electron chi connectivity index (χ4n) is 3.64. The van der Waals surface area contributed by atoms with E-state index in [1.54, 1.807) is 0 Å². The highest BCUT2D eigenvalue weighted by molar-refractivity contribution is 6.46. The number of aliphatic hydroxyl groups excluding tert-OH is 1. The molecule has 0 aromatic heterocycles. The first-order valence-electron chi connectivity index (χ1n) is 9.58. The van der Waals surface area contributed by atoms with Crippen LogP contribution in [0.3, 0.4) is 0 Å². The predicted molar refractivity (Wildman–Crippen MR) is 108 cm³/mol. The van der Waals surface area contributed by atoms with Gasteiger partial charge in [-0.3, -0.25) is 9.59 Å². The van der Waals surface area contributed by atoms with Crippen LogP contribution in [-0.4, -0.2) is 35.4 Å². The zero-order chi connectivity index (χ0) is 21.1. The Bertz CT molecular complexity index is 983. The number of ketones is 1. The zero-order valence-electron chi connectivity index (χ0n) is 16.7. The fourth-order valence-corrected chi connectivity index (χ4v) is 3.64. The van der Waals surface area contributed by atoms with Crippen LogP contribution in [-0.2, 0) is 9.59 Å². The number of halogens is 1. The Labute approximate surface area is 169 Å². The number of hydrogen-bond acceptors (Lipinski definition) is 4. The number of rotatable bonds is 6. The van der Waals surface area contributed by atoms with E-state index in [0.29, 0.717) is 6.54 Å². The van der Waals surface area contributed by atoms with E-state index in [0.717, 1.165) is 30.0 Å². The van der Waals surface area contributed by atoms with Crippen LogP contribution < -0.4 is 4.74 Å².